The van der Waals surface area contributed by atoms with E-state index in [0.29, 0.717) is 0 Å². The molecule has 62 heavy (non-hydrogen) atoms. The molecule has 0 N–H and O–H groups in total. The molecule has 4 heteroatoms. The Bertz CT molecular complexity index is 3870. The maximum absolute atomic E-state index is 6.16. The largest absolute Gasteiger partial charge is 0.309 e. The lowest BCUT2D eigenvalue weighted by atomic mass is 9.96. The zero-order valence-electron chi connectivity index (χ0n) is 33.4. The van der Waals surface area contributed by atoms with E-state index < -0.39 is 0 Å². The van der Waals surface area contributed by atoms with Gasteiger partial charge in [0, 0.05) is 53.2 Å². The van der Waals surface area contributed by atoms with Crippen LogP contribution in [0.1, 0.15) is 0 Å². The molecule has 0 aliphatic carbocycles. The number of hydrogen-bond acceptors (Lipinski definition) is 0. The van der Waals surface area contributed by atoms with Crippen LogP contribution in [0.25, 0.3) is 109 Å². The van der Waals surface area contributed by atoms with Gasteiger partial charge in [0.1, 0.15) is 0 Å². The molecule has 0 bridgehead atoms. The van der Waals surface area contributed by atoms with E-state index in [4.69, 9.17) is 11.6 Å². The monoisotopic (exact) mass is 874 g/mol. The van der Waals surface area contributed by atoms with Gasteiger partial charge in [0.15, 0.2) is 0 Å². The summed E-state index contributed by atoms with van der Waals surface area (Å²) in [5.41, 5.74) is 9.67. The van der Waals surface area contributed by atoms with Crippen LogP contribution in [0.2, 0.25) is 5.02 Å². The molecule has 0 radical (unpaired) electrons. The van der Waals surface area contributed by atoms with Gasteiger partial charge in [-0.1, -0.05) is 179 Å². The van der Waals surface area contributed by atoms with Crippen molar-refractivity contribution in [3.05, 3.63) is 228 Å². The van der Waals surface area contributed by atoms with E-state index in [1.165, 1.54) is 104 Å². The van der Waals surface area contributed by atoms with Crippen molar-refractivity contribution in [1.82, 2.24) is 9.13 Å². The van der Waals surface area contributed by atoms with Crippen LogP contribution in [0, 0.1) is 0 Å². The molecule has 0 aliphatic rings. The second-order valence-electron chi connectivity index (χ2n) is 15.9. The number of halogens is 2. The Morgan fingerprint density at radius 1 is 0.306 bits per heavy atom. The van der Waals surface area contributed by atoms with Crippen LogP contribution in [0.5, 0.6) is 0 Å². The molecular formula is C58H36BrClN2. The van der Waals surface area contributed by atoms with E-state index in [0.717, 1.165) is 15.1 Å². The van der Waals surface area contributed by atoms with Gasteiger partial charge in [-0.25, -0.2) is 0 Å². The van der Waals surface area contributed by atoms with E-state index in [1.807, 2.05) is 12.1 Å². The molecule has 2 heterocycles. The molecule has 11 aromatic carbocycles. The molecule has 0 spiro atoms. The normalized spacial score (nSPS) is 11.7. The number of hydrogen-bond donors (Lipinski definition) is 0. The van der Waals surface area contributed by atoms with Crippen molar-refractivity contribution in [3.63, 3.8) is 0 Å². The van der Waals surface area contributed by atoms with E-state index in [1.54, 1.807) is 0 Å². The van der Waals surface area contributed by atoms with Crippen LogP contribution in [0.3, 0.4) is 0 Å². The lowest BCUT2D eigenvalue weighted by Crippen LogP contribution is -1.94. The van der Waals surface area contributed by atoms with E-state index in [-0.39, 0.29) is 0 Å². The molecule has 292 valence electrons. The maximum Gasteiger partial charge on any atom is 0.0625 e. The third kappa shape index (κ3) is 5.77. The van der Waals surface area contributed by atoms with Crippen LogP contribution in [-0.2, 0) is 0 Å². The SMILES string of the molecule is Brc1ccc2c(c1)c1c3ccccc3c3ccccc3c1n2-c1ccccc1.Clc1ccc(-c2ccc3c(c2)c2c4ccccc4c4ccccc4c2n3-c2ccccc2)cc1. The maximum atomic E-state index is 6.16. The zero-order chi connectivity index (χ0) is 41.3. The van der Waals surface area contributed by atoms with Crippen LogP contribution in [0.4, 0.5) is 0 Å². The highest BCUT2D eigenvalue weighted by molar-refractivity contribution is 9.10. The van der Waals surface area contributed by atoms with Crippen molar-refractivity contribution in [3.8, 4) is 22.5 Å². The third-order valence-electron chi connectivity index (χ3n) is 12.4. The van der Waals surface area contributed by atoms with Crippen molar-refractivity contribution in [2.24, 2.45) is 0 Å². The van der Waals surface area contributed by atoms with Crippen LogP contribution in [0.15, 0.2) is 223 Å². The van der Waals surface area contributed by atoms with Gasteiger partial charge in [0.25, 0.3) is 0 Å². The number of para-hydroxylation sites is 2. The molecule has 0 aliphatic heterocycles. The predicted octanol–water partition coefficient (Wildman–Crippen LogP) is 17.3. The summed E-state index contributed by atoms with van der Waals surface area (Å²) in [6, 6.07) is 77.9. The van der Waals surface area contributed by atoms with Crippen molar-refractivity contribution in [1.29, 1.82) is 0 Å². The Balaban J connectivity index is 0.000000135. The minimum Gasteiger partial charge on any atom is -0.309 e. The highest BCUT2D eigenvalue weighted by atomic mass is 79.9. The molecule has 2 aromatic heterocycles. The fourth-order valence-corrected chi connectivity index (χ4v) is 10.3. The summed E-state index contributed by atoms with van der Waals surface area (Å²) in [7, 11) is 0. The van der Waals surface area contributed by atoms with Gasteiger partial charge in [0.2, 0.25) is 0 Å². The van der Waals surface area contributed by atoms with Crippen molar-refractivity contribution in [2.45, 2.75) is 0 Å². The van der Waals surface area contributed by atoms with Crippen molar-refractivity contribution >= 4 is 114 Å². The Morgan fingerprint density at radius 2 is 0.677 bits per heavy atom. The molecule has 0 saturated heterocycles. The van der Waals surface area contributed by atoms with Crippen LogP contribution in [-0.4, -0.2) is 9.13 Å². The summed E-state index contributed by atoms with van der Waals surface area (Å²) >= 11 is 9.85. The summed E-state index contributed by atoms with van der Waals surface area (Å²) in [5.74, 6) is 0. The summed E-state index contributed by atoms with van der Waals surface area (Å²) in [4.78, 5) is 0. The van der Waals surface area contributed by atoms with Crippen LogP contribution >= 0.6 is 27.5 Å². The Hall–Kier alpha value is -7.17. The van der Waals surface area contributed by atoms with Gasteiger partial charge in [-0.2, -0.15) is 0 Å². The van der Waals surface area contributed by atoms with Crippen LogP contribution < -0.4 is 0 Å². The quantitative estimate of drug-likeness (QED) is 0.157. The first-order valence-corrected chi connectivity index (χ1v) is 22.1. The fourth-order valence-electron chi connectivity index (χ4n) is 9.84. The molecule has 13 aromatic rings. The minimum atomic E-state index is 0.753. The molecule has 0 atom stereocenters. The number of rotatable bonds is 3. The molecule has 13 rings (SSSR count). The zero-order valence-corrected chi connectivity index (χ0v) is 35.8. The second kappa shape index (κ2) is 14.8. The first-order valence-electron chi connectivity index (χ1n) is 20.9. The smallest absolute Gasteiger partial charge is 0.0625 e. The van der Waals surface area contributed by atoms with E-state index >= 15 is 0 Å². The first-order chi connectivity index (χ1) is 30.6. The molecular weight excluding hydrogens is 840 g/mol. The van der Waals surface area contributed by atoms with E-state index in [2.05, 4.69) is 231 Å². The van der Waals surface area contributed by atoms with Gasteiger partial charge in [-0.15, -0.1) is 0 Å². The Morgan fingerprint density at radius 3 is 1.16 bits per heavy atom. The summed E-state index contributed by atoms with van der Waals surface area (Å²) in [5, 5.41) is 16.2. The average molecular weight is 876 g/mol. The Kier molecular flexibility index (Phi) is 8.74. The molecule has 2 nitrogen and oxygen atoms in total. The van der Waals surface area contributed by atoms with Crippen molar-refractivity contribution < 1.29 is 0 Å². The van der Waals surface area contributed by atoms with Gasteiger partial charge in [-0.05, 0) is 110 Å². The number of fused-ring (bicyclic) bond motifs is 16. The summed E-state index contributed by atoms with van der Waals surface area (Å²) in [6.45, 7) is 0. The summed E-state index contributed by atoms with van der Waals surface area (Å²) < 4.78 is 5.93. The lowest BCUT2D eigenvalue weighted by molar-refractivity contribution is 1.19. The van der Waals surface area contributed by atoms with Gasteiger partial charge in [-0.3, -0.25) is 0 Å². The Labute approximate surface area is 371 Å². The molecule has 0 amide bonds. The number of aromatic nitrogens is 2. The average Bonchev–Trinajstić information content (AvgIpc) is 3.86. The highest BCUT2D eigenvalue weighted by Crippen LogP contribution is 2.45. The molecule has 0 saturated carbocycles. The lowest BCUT2D eigenvalue weighted by Gasteiger charge is -2.12. The third-order valence-corrected chi connectivity index (χ3v) is 13.2. The minimum absolute atomic E-state index is 0.753. The second-order valence-corrected chi connectivity index (χ2v) is 17.2. The van der Waals surface area contributed by atoms with E-state index in [9.17, 15) is 0 Å². The molecule has 0 unspecified atom stereocenters. The fraction of sp³-hybridized carbons (Fsp3) is 0. The van der Waals surface area contributed by atoms with Gasteiger partial charge >= 0.3 is 0 Å². The standard InChI is InChI=1S/C32H20ClN.C26H16BrN/c33-23-17-14-21(15-18-23)22-16-19-30-29(20-22)31-27-12-6-4-10-25(27)26-11-5-7-13-28(26)32(31)34(30)24-8-2-1-3-9-24;27-17-14-15-24-23(16-17)25-21-12-6-4-10-19(21)20-11-5-7-13-22(20)26(25)28(24)18-8-2-1-3-9-18/h1-20H;1-16H. The molecule has 0 fully saturated rings. The summed E-state index contributed by atoms with van der Waals surface area (Å²) in [6.07, 6.45) is 0. The predicted molar refractivity (Wildman–Crippen MR) is 270 cm³/mol. The van der Waals surface area contributed by atoms with Crippen molar-refractivity contribution in [2.75, 3.05) is 0 Å². The highest BCUT2D eigenvalue weighted by Gasteiger charge is 2.21. The number of nitrogens with zero attached hydrogens (tertiary/aromatic N) is 2. The number of benzene rings is 11. The first kappa shape index (κ1) is 36.7. The van der Waals surface area contributed by atoms with Gasteiger partial charge < -0.3 is 9.13 Å². The topological polar surface area (TPSA) is 9.86 Å². The van der Waals surface area contributed by atoms with Gasteiger partial charge in [0.05, 0.1) is 22.1 Å².